The van der Waals surface area contributed by atoms with Crippen molar-refractivity contribution in [3.05, 3.63) is 24.3 Å². The van der Waals surface area contributed by atoms with Gasteiger partial charge < -0.3 is 20.4 Å². The minimum atomic E-state index is -0.0947. The van der Waals surface area contributed by atoms with Gasteiger partial charge in [0.1, 0.15) is 0 Å². The van der Waals surface area contributed by atoms with Gasteiger partial charge in [-0.05, 0) is 94.0 Å². The first-order chi connectivity index (χ1) is 15.5. The van der Waals surface area contributed by atoms with Crippen molar-refractivity contribution in [1.82, 2.24) is 10.2 Å². The molecule has 4 aliphatic carbocycles. The van der Waals surface area contributed by atoms with Crippen LogP contribution in [-0.2, 0) is 9.59 Å². The fraction of sp³-hybridized carbons (Fsp3) is 0.692. The van der Waals surface area contributed by atoms with Gasteiger partial charge in [0.05, 0.1) is 0 Å². The normalized spacial score (nSPS) is 31.5. The van der Waals surface area contributed by atoms with Gasteiger partial charge in [-0.1, -0.05) is 0 Å². The molecule has 6 nitrogen and oxygen atoms in total. The molecule has 0 radical (unpaired) electrons. The Hall–Kier alpha value is -2.08. The van der Waals surface area contributed by atoms with Gasteiger partial charge in [0.15, 0.2) is 0 Å². The number of hydrogen-bond acceptors (Lipinski definition) is 4. The van der Waals surface area contributed by atoms with E-state index in [0.717, 1.165) is 68.9 Å². The lowest BCUT2D eigenvalue weighted by Crippen LogP contribution is -2.53. The summed E-state index contributed by atoms with van der Waals surface area (Å²) in [6.45, 7) is 4.83. The van der Waals surface area contributed by atoms with E-state index in [1.54, 1.807) is 0 Å². The first-order valence-corrected chi connectivity index (χ1v) is 12.6. The Balaban J connectivity index is 1.03. The summed E-state index contributed by atoms with van der Waals surface area (Å²) in [5, 5.41) is 6.18. The van der Waals surface area contributed by atoms with Gasteiger partial charge in [0, 0.05) is 55.9 Å². The first-order valence-electron chi connectivity index (χ1n) is 12.6. The Labute approximate surface area is 192 Å². The Bertz CT molecular complexity index is 793. The van der Waals surface area contributed by atoms with Crippen molar-refractivity contribution in [2.75, 3.05) is 50.0 Å². The topological polar surface area (TPSA) is 64.7 Å². The van der Waals surface area contributed by atoms with Crippen LogP contribution < -0.4 is 15.5 Å². The van der Waals surface area contributed by atoms with E-state index in [4.69, 9.17) is 0 Å². The zero-order valence-corrected chi connectivity index (χ0v) is 19.4. The van der Waals surface area contributed by atoms with Gasteiger partial charge in [-0.3, -0.25) is 9.59 Å². The molecule has 5 aliphatic rings. The van der Waals surface area contributed by atoms with E-state index in [-0.39, 0.29) is 17.2 Å². The SMILES string of the molecule is CN1CCN(c2ccc(NC(=O)CCCNC(=O)C34CC5CC(CC(C5)C3)C4)cc2)CC1. The highest BCUT2D eigenvalue weighted by molar-refractivity contribution is 5.91. The molecule has 2 N–H and O–H groups in total. The Kier molecular flexibility index (Phi) is 6.15. The summed E-state index contributed by atoms with van der Waals surface area (Å²) in [6.07, 6.45) is 8.44. The molecule has 0 unspecified atom stereocenters. The van der Waals surface area contributed by atoms with Crippen molar-refractivity contribution < 1.29 is 9.59 Å². The number of benzene rings is 1. The summed E-state index contributed by atoms with van der Waals surface area (Å²) >= 11 is 0. The smallest absolute Gasteiger partial charge is 0.226 e. The number of anilines is 2. The summed E-state index contributed by atoms with van der Waals surface area (Å²) in [5.74, 6) is 2.61. The Morgan fingerprint density at radius 1 is 0.938 bits per heavy atom. The number of carbonyl (C=O) groups is 2. The fourth-order valence-electron chi connectivity index (χ4n) is 7.07. The van der Waals surface area contributed by atoms with Crippen LogP contribution in [0.2, 0.25) is 0 Å². The molecular weight excluding hydrogens is 400 g/mol. The van der Waals surface area contributed by atoms with Crippen LogP contribution in [0.3, 0.4) is 0 Å². The molecule has 0 atom stereocenters. The number of nitrogens with zero attached hydrogens (tertiary/aromatic N) is 2. The molecule has 1 aromatic carbocycles. The number of piperazine rings is 1. The van der Waals surface area contributed by atoms with Crippen molar-refractivity contribution in [2.24, 2.45) is 23.2 Å². The number of nitrogens with one attached hydrogen (secondary N) is 2. The number of amides is 2. The molecule has 1 saturated heterocycles. The van der Waals surface area contributed by atoms with Crippen LogP contribution in [0.1, 0.15) is 51.4 Å². The second kappa shape index (κ2) is 9.05. The second-order valence-corrected chi connectivity index (χ2v) is 10.9. The summed E-state index contributed by atoms with van der Waals surface area (Å²) in [7, 11) is 2.16. The summed E-state index contributed by atoms with van der Waals surface area (Å²) in [6, 6.07) is 8.15. The van der Waals surface area contributed by atoms with Crippen LogP contribution in [0.15, 0.2) is 24.3 Å². The van der Waals surface area contributed by atoms with Gasteiger partial charge in [0.2, 0.25) is 11.8 Å². The standard InChI is InChI=1S/C26H38N4O2/c1-29-9-11-30(12-10-29)23-6-4-22(5-7-23)28-24(31)3-2-8-27-25(32)26-16-19-13-20(17-26)15-21(14-19)18-26/h4-7,19-21H,2-3,8-18H2,1H3,(H,27,32)(H,28,31). The highest BCUT2D eigenvalue weighted by atomic mass is 16.2. The van der Waals surface area contributed by atoms with Crippen LogP contribution in [0.4, 0.5) is 11.4 Å². The summed E-state index contributed by atoms with van der Waals surface area (Å²) in [5.41, 5.74) is 1.96. The maximum Gasteiger partial charge on any atom is 0.226 e. The number of carbonyl (C=O) groups excluding carboxylic acids is 2. The van der Waals surface area contributed by atoms with Crippen LogP contribution in [0.25, 0.3) is 0 Å². The van der Waals surface area contributed by atoms with Crippen molar-refractivity contribution in [3.8, 4) is 0 Å². The largest absolute Gasteiger partial charge is 0.369 e. The molecule has 0 aromatic heterocycles. The van der Waals surface area contributed by atoms with E-state index >= 15 is 0 Å². The molecule has 4 bridgehead atoms. The van der Waals surface area contributed by atoms with Crippen molar-refractivity contribution >= 4 is 23.2 Å². The maximum atomic E-state index is 13.0. The highest BCUT2D eigenvalue weighted by Gasteiger charge is 2.54. The van der Waals surface area contributed by atoms with Crippen molar-refractivity contribution in [1.29, 1.82) is 0 Å². The van der Waals surface area contributed by atoms with Gasteiger partial charge in [-0.15, -0.1) is 0 Å². The van der Waals surface area contributed by atoms with Gasteiger partial charge in [-0.2, -0.15) is 0 Å². The summed E-state index contributed by atoms with van der Waals surface area (Å²) in [4.78, 5) is 30.1. The zero-order valence-electron chi connectivity index (χ0n) is 19.4. The minimum absolute atomic E-state index is 0.0152. The molecule has 6 heteroatoms. The van der Waals surface area contributed by atoms with E-state index in [9.17, 15) is 9.59 Å². The number of likely N-dealkylation sites (N-methyl/N-ethyl adjacent to an activating group) is 1. The number of rotatable bonds is 7. The molecule has 174 valence electrons. The average Bonchev–Trinajstić information content (AvgIpc) is 2.77. The first kappa shape index (κ1) is 21.7. The lowest BCUT2D eigenvalue weighted by Gasteiger charge is -2.55. The molecule has 0 spiro atoms. The average molecular weight is 439 g/mol. The third kappa shape index (κ3) is 4.66. The zero-order chi connectivity index (χ0) is 22.1. The maximum absolute atomic E-state index is 13.0. The van der Waals surface area contributed by atoms with E-state index < -0.39 is 0 Å². The van der Waals surface area contributed by atoms with Gasteiger partial charge in [0.25, 0.3) is 0 Å². The van der Waals surface area contributed by atoms with Gasteiger partial charge >= 0.3 is 0 Å². The third-order valence-corrected chi connectivity index (χ3v) is 8.41. The highest BCUT2D eigenvalue weighted by Crippen LogP contribution is 2.60. The van der Waals surface area contributed by atoms with Crippen LogP contribution >= 0.6 is 0 Å². The second-order valence-electron chi connectivity index (χ2n) is 10.9. The molecule has 6 rings (SSSR count). The lowest BCUT2D eigenvalue weighted by atomic mass is 9.49. The molecule has 2 amide bonds. The molecule has 1 aromatic rings. The van der Waals surface area contributed by atoms with E-state index in [1.165, 1.54) is 24.9 Å². The molecule has 1 aliphatic heterocycles. The Morgan fingerprint density at radius 3 is 2.12 bits per heavy atom. The predicted molar refractivity (Wildman–Crippen MR) is 128 cm³/mol. The van der Waals surface area contributed by atoms with Crippen LogP contribution in [0.5, 0.6) is 0 Å². The fourth-order valence-corrected chi connectivity index (χ4v) is 7.07. The molecular formula is C26H38N4O2. The predicted octanol–water partition coefficient (Wildman–Crippen LogP) is 3.49. The monoisotopic (exact) mass is 438 g/mol. The lowest BCUT2D eigenvalue weighted by molar-refractivity contribution is -0.146. The number of hydrogen-bond donors (Lipinski definition) is 2. The molecule has 1 heterocycles. The van der Waals surface area contributed by atoms with Crippen LogP contribution in [-0.4, -0.2) is 56.5 Å². The van der Waals surface area contributed by atoms with Crippen LogP contribution in [0, 0.1) is 23.2 Å². The molecule has 4 saturated carbocycles. The van der Waals surface area contributed by atoms with Crippen molar-refractivity contribution in [2.45, 2.75) is 51.4 Å². The summed E-state index contributed by atoms with van der Waals surface area (Å²) < 4.78 is 0. The minimum Gasteiger partial charge on any atom is -0.369 e. The van der Waals surface area contributed by atoms with E-state index in [2.05, 4.69) is 39.6 Å². The molecule has 32 heavy (non-hydrogen) atoms. The van der Waals surface area contributed by atoms with E-state index in [0.29, 0.717) is 19.4 Å². The van der Waals surface area contributed by atoms with Gasteiger partial charge in [-0.25, -0.2) is 0 Å². The molecule has 5 fully saturated rings. The van der Waals surface area contributed by atoms with Crippen molar-refractivity contribution in [3.63, 3.8) is 0 Å². The Morgan fingerprint density at radius 2 is 1.53 bits per heavy atom. The van der Waals surface area contributed by atoms with E-state index in [1.807, 2.05) is 12.1 Å². The third-order valence-electron chi connectivity index (χ3n) is 8.41. The quantitative estimate of drug-likeness (QED) is 0.640.